The van der Waals surface area contributed by atoms with Crippen LogP contribution >= 0.6 is 11.6 Å². The number of nitrogens with zero attached hydrogens (tertiary/aromatic N) is 1. The van der Waals surface area contributed by atoms with E-state index in [4.69, 9.17) is 11.6 Å². The number of nitrogens with one attached hydrogen (secondary N) is 1. The average molecular weight is 265 g/mol. The summed E-state index contributed by atoms with van der Waals surface area (Å²) >= 11 is 5.50. The minimum absolute atomic E-state index is 0.150. The molecule has 2 amide bonds. The van der Waals surface area contributed by atoms with E-state index in [0.29, 0.717) is 17.8 Å². The minimum Gasteiger partial charge on any atom is -0.340 e. The van der Waals surface area contributed by atoms with Gasteiger partial charge in [-0.3, -0.25) is 9.59 Å². The number of para-hydroxylation sites is 1. The Morgan fingerprint density at radius 3 is 2.83 bits per heavy atom. The second kappa shape index (κ2) is 5.23. The second-order valence-corrected chi connectivity index (χ2v) is 4.27. The van der Waals surface area contributed by atoms with Gasteiger partial charge < -0.3 is 10.2 Å². The first-order valence-electron chi connectivity index (χ1n) is 5.61. The number of benzene rings is 1. The van der Waals surface area contributed by atoms with Gasteiger partial charge in [-0.1, -0.05) is 29.8 Å². The van der Waals surface area contributed by atoms with Gasteiger partial charge in [0, 0.05) is 12.1 Å². The first-order valence-corrected chi connectivity index (χ1v) is 6.05. The summed E-state index contributed by atoms with van der Waals surface area (Å²) < 4.78 is 0. The van der Waals surface area contributed by atoms with Crippen LogP contribution in [-0.2, 0) is 4.79 Å². The third kappa shape index (κ3) is 2.24. The third-order valence-electron chi connectivity index (χ3n) is 2.80. The van der Waals surface area contributed by atoms with Crippen LogP contribution in [-0.4, -0.2) is 24.4 Å². The third-order valence-corrected chi connectivity index (χ3v) is 2.98. The Labute approximate surface area is 110 Å². The highest BCUT2D eigenvalue weighted by molar-refractivity contribution is 6.25. The first-order chi connectivity index (χ1) is 8.65. The molecular weight excluding hydrogens is 252 g/mol. The van der Waals surface area contributed by atoms with Gasteiger partial charge in [-0.2, -0.15) is 0 Å². The van der Waals surface area contributed by atoms with Crippen LogP contribution in [0.4, 0.5) is 5.69 Å². The molecule has 0 aromatic heterocycles. The zero-order chi connectivity index (χ0) is 13.1. The molecule has 0 fully saturated rings. The van der Waals surface area contributed by atoms with E-state index in [9.17, 15) is 9.59 Å². The Morgan fingerprint density at radius 2 is 2.11 bits per heavy atom. The number of hydrogen-bond donors (Lipinski definition) is 1. The molecule has 94 valence electrons. The van der Waals surface area contributed by atoms with Gasteiger partial charge in [0.2, 0.25) is 5.91 Å². The van der Waals surface area contributed by atoms with E-state index in [-0.39, 0.29) is 11.8 Å². The van der Waals surface area contributed by atoms with E-state index in [0.717, 1.165) is 0 Å². The second-order valence-electron chi connectivity index (χ2n) is 4.02. The maximum Gasteiger partial charge on any atom is 0.254 e. The molecule has 0 saturated heterocycles. The standard InChI is InChI=1S/C13H13ClN2O2/c1-9-13(18)16(8-4-7-14)11-6-3-2-5-10(11)12(17)15-9/h2-7,9H,8H2,1H3,(H,15,17)/b7-4+. The molecule has 1 heterocycles. The summed E-state index contributed by atoms with van der Waals surface area (Å²) in [5, 5.41) is 2.67. The lowest BCUT2D eigenvalue weighted by molar-refractivity contribution is -0.119. The monoisotopic (exact) mass is 264 g/mol. The van der Waals surface area contributed by atoms with Gasteiger partial charge in [0.1, 0.15) is 6.04 Å². The Balaban J connectivity index is 2.50. The molecule has 0 radical (unpaired) electrons. The van der Waals surface area contributed by atoms with Crippen LogP contribution in [0.15, 0.2) is 35.9 Å². The van der Waals surface area contributed by atoms with Crippen LogP contribution in [0.1, 0.15) is 17.3 Å². The highest BCUT2D eigenvalue weighted by Gasteiger charge is 2.30. The van der Waals surface area contributed by atoms with E-state index >= 15 is 0 Å². The Morgan fingerprint density at radius 1 is 1.39 bits per heavy atom. The number of hydrogen-bond acceptors (Lipinski definition) is 2. The lowest BCUT2D eigenvalue weighted by Crippen LogP contribution is -2.43. The maximum absolute atomic E-state index is 12.2. The summed E-state index contributed by atoms with van der Waals surface area (Å²) in [6.07, 6.45) is 1.67. The van der Waals surface area contributed by atoms with Crippen molar-refractivity contribution in [3.8, 4) is 0 Å². The summed E-state index contributed by atoms with van der Waals surface area (Å²) in [4.78, 5) is 25.7. The van der Waals surface area contributed by atoms with Gasteiger partial charge in [-0.25, -0.2) is 0 Å². The molecule has 0 aliphatic carbocycles. The topological polar surface area (TPSA) is 49.4 Å². The first kappa shape index (κ1) is 12.6. The molecule has 1 aromatic rings. The lowest BCUT2D eigenvalue weighted by atomic mass is 10.1. The van der Waals surface area contributed by atoms with E-state index in [1.54, 1.807) is 42.2 Å². The van der Waals surface area contributed by atoms with Gasteiger partial charge >= 0.3 is 0 Å². The Kier molecular flexibility index (Phi) is 3.67. The largest absolute Gasteiger partial charge is 0.340 e. The predicted molar refractivity (Wildman–Crippen MR) is 70.7 cm³/mol. The molecule has 1 atom stereocenters. The Hall–Kier alpha value is -1.81. The fourth-order valence-electron chi connectivity index (χ4n) is 1.92. The number of carbonyl (C=O) groups is 2. The highest BCUT2D eigenvalue weighted by Crippen LogP contribution is 2.23. The summed E-state index contributed by atoms with van der Waals surface area (Å²) in [6, 6.07) is 6.48. The fourth-order valence-corrected chi connectivity index (χ4v) is 2.00. The van der Waals surface area contributed by atoms with Crippen LogP contribution in [0, 0.1) is 0 Å². The molecule has 1 aliphatic heterocycles. The van der Waals surface area contributed by atoms with Crippen LogP contribution < -0.4 is 10.2 Å². The van der Waals surface area contributed by atoms with Crippen molar-refractivity contribution in [2.75, 3.05) is 11.4 Å². The number of rotatable bonds is 2. The van der Waals surface area contributed by atoms with E-state index in [1.165, 1.54) is 5.54 Å². The molecule has 4 nitrogen and oxygen atoms in total. The van der Waals surface area contributed by atoms with Crippen LogP contribution in [0.3, 0.4) is 0 Å². The zero-order valence-corrected chi connectivity index (χ0v) is 10.6. The molecule has 18 heavy (non-hydrogen) atoms. The fraction of sp³-hybridized carbons (Fsp3) is 0.231. The smallest absolute Gasteiger partial charge is 0.254 e. The zero-order valence-electron chi connectivity index (χ0n) is 9.89. The summed E-state index contributed by atoms with van der Waals surface area (Å²) in [5.41, 5.74) is 2.47. The van der Waals surface area contributed by atoms with Crippen LogP contribution in [0.5, 0.6) is 0 Å². The number of halogens is 1. The van der Waals surface area contributed by atoms with Crippen molar-refractivity contribution in [3.63, 3.8) is 0 Å². The molecular formula is C13H13ClN2O2. The number of carbonyl (C=O) groups excluding carboxylic acids is 2. The molecule has 2 rings (SSSR count). The molecule has 5 heteroatoms. The van der Waals surface area contributed by atoms with E-state index < -0.39 is 6.04 Å². The van der Waals surface area contributed by atoms with E-state index in [2.05, 4.69) is 5.32 Å². The summed E-state index contributed by atoms with van der Waals surface area (Å²) in [6.45, 7) is 2.02. The van der Waals surface area contributed by atoms with Crippen molar-refractivity contribution >= 4 is 29.1 Å². The van der Waals surface area contributed by atoms with Crippen molar-refractivity contribution in [1.29, 1.82) is 0 Å². The number of amides is 2. The normalized spacial score (nSPS) is 19.7. The summed E-state index contributed by atoms with van der Waals surface area (Å²) in [7, 11) is 0. The van der Waals surface area contributed by atoms with Gasteiger partial charge in [0.15, 0.2) is 0 Å². The van der Waals surface area contributed by atoms with Gasteiger partial charge in [-0.15, -0.1) is 0 Å². The SMILES string of the molecule is CC1NC(=O)c2ccccc2N(C/C=C/Cl)C1=O. The van der Waals surface area contributed by atoms with Gasteiger partial charge in [0.05, 0.1) is 11.3 Å². The van der Waals surface area contributed by atoms with Gasteiger partial charge in [-0.05, 0) is 19.1 Å². The highest BCUT2D eigenvalue weighted by atomic mass is 35.5. The van der Waals surface area contributed by atoms with Crippen molar-refractivity contribution < 1.29 is 9.59 Å². The number of anilines is 1. The Bertz CT molecular complexity index is 513. The quantitative estimate of drug-likeness (QED) is 0.887. The van der Waals surface area contributed by atoms with Crippen molar-refractivity contribution in [1.82, 2.24) is 5.32 Å². The summed E-state index contributed by atoms with van der Waals surface area (Å²) in [5.74, 6) is -0.383. The van der Waals surface area contributed by atoms with Crippen LogP contribution in [0.2, 0.25) is 0 Å². The molecule has 1 unspecified atom stereocenters. The van der Waals surface area contributed by atoms with Crippen molar-refractivity contribution in [2.24, 2.45) is 0 Å². The average Bonchev–Trinajstić information content (AvgIpc) is 2.46. The molecule has 0 saturated carbocycles. The van der Waals surface area contributed by atoms with E-state index in [1.807, 2.05) is 0 Å². The lowest BCUT2D eigenvalue weighted by Gasteiger charge is -2.22. The molecule has 0 bridgehead atoms. The van der Waals surface area contributed by atoms with Crippen molar-refractivity contribution in [2.45, 2.75) is 13.0 Å². The van der Waals surface area contributed by atoms with Crippen molar-refractivity contribution in [3.05, 3.63) is 41.4 Å². The molecule has 1 aromatic carbocycles. The minimum atomic E-state index is -0.548. The molecule has 1 aliphatic rings. The predicted octanol–water partition coefficient (Wildman–Crippen LogP) is 1.90. The molecule has 0 spiro atoms. The molecule has 1 N–H and O–H groups in total. The number of fused-ring (bicyclic) bond motifs is 1. The van der Waals surface area contributed by atoms with Gasteiger partial charge in [0.25, 0.3) is 5.91 Å². The maximum atomic E-state index is 12.2. The van der Waals surface area contributed by atoms with Crippen LogP contribution in [0.25, 0.3) is 0 Å².